The predicted molar refractivity (Wildman–Crippen MR) is 130 cm³/mol. The predicted octanol–water partition coefficient (Wildman–Crippen LogP) is 7.84. The fourth-order valence-electron chi connectivity index (χ4n) is 3.30. The normalized spacial score (nSPS) is 14.6. The average molecular weight is 606 g/mol. The van der Waals surface area contributed by atoms with Gasteiger partial charge in [0.2, 0.25) is 5.82 Å². The molecule has 1 amide bonds. The van der Waals surface area contributed by atoms with Crippen molar-refractivity contribution in [3.8, 4) is 5.75 Å². The van der Waals surface area contributed by atoms with Gasteiger partial charge in [0, 0.05) is 15.6 Å². The Kier molecular flexibility index (Phi) is 7.40. The van der Waals surface area contributed by atoms with Gasteiger partial charge in [0.1, 0.15) is 18.0 Å². The van der Waals surface area contributed by atoms with Crippen LogP contribution in [0.25, 0.3) is 6.08 Å². The summed E-state index contributed by atoms with van der Waals surface area (Å²) < 4.78 is 75.3. The monoisotopic (exact) mass is 604 g/mol. The zero-order chi connectivity index (χ0) is 26.3. The van der Waals surface area contributed by atoms with E-state index in [-0.39, 0.29) is 22.9 Å². The number of rotatable bonds is 5. The highest BCUT2D eigenvalue weighted by Crippen LogP contribution is 2.35. The van der Waals surface area contributed by atoms with Crippen LogP contribution in [0.4, 0.5) is 27.6 Å². The second-order valence-electron chi connectivity index (χ2n) is 7.49. The van der Waals surface area contributed by atoms with Gasteiger partial charge in [0.15, 0.2) is 23.3 Å². The molecule has 1 aliphatic heterocycles. The van der Waals surface area contributed by atoms with Gasteiger partial charge in [-0.2, -0.15) is 10.1 Å². The lowest BCUT2D eigenvalue weighted by Gasteiger charge is -2.15. The smallest absolute Gasteiger partial charge is 0.280 e. The highest BCUT2D eigenvalue weighted by atomic mass is 79.9. The number of amides is 1. The van der Waals surface area contributed by atoms with Crippen molar-refractivity contribution in [2.45, 2.75) is 13.5 Å². The topological polar surface area (TPSA) is 41.9 Å². The number of nitrogens with zero attached hydrogens (tertiary/aromatic N) is 2. The minimum atomic E-state index is -2.33. The van der Waals surface area contributed by atoms with Gasteiger partial charge in [-0.1, -0.05) is 35.3 Å². The number of halogens is 8. The molecule has 0 unspecified atom stereocenters. The van der Waals surface area contributed by atoms with E-state index in [1.807, 2.05) is 0 Å². The summed E-state index contributed by atoms with van der Waals surface area (Å²) in [5.41, 5.74) is -0.373. The van der Waals surface area contributed by atoms with Gasteiger partial charge in [-0.15, -0.1) is 0 Å². The summed E-state index contributed by atoms with van der Waals surface area (Å²) in [7, 11) is 0. The zero-order valence-corrected chi connectivity index (χ0v) is 21.1. The molecule has 0 radical (unpaired) electrons. The summed E-state index contributed by atoms with van der Waals surface area (Å²) in [4.78, 5) is 12.8. The third-order valence-corrected chi connectivity index (χ3v) is 6.33. The van der Waals surface area contributed by atoms with E-state index in [4.69, 9.17) is 27.9 Å². The Morgan fingerprint density at radius 1 is 0.972 bits per heavy atom. The average Bonchev–Trinajstić information content (AvgIpc) is 3.10. The molecule has 0 fully saturated rings. The molecule has 0 aromatic heterocycles. The molecule has 1 heterocycles. The van der Waals surface area contributed by atoms with E-state index in [2.05, 4.69) is 21.0 Å². The maximum Gasteiger partial charge on any atom is 0.280 e. The van der Waals surface area contributed by atoms with Crippen LogP contribution in [-0.4, -0.2) is 11.6 Å². The van der Waals surface area contributed by atoms with Gasteiger partial charge in [0.05, 0.1) is 15.8 Å². The quantitative estimate of drug-likeness (QED) is 0.129. The third-order valence-electron chi connectivity index (χ3n) is 5.13. The first-order valence-corrected chi connectivity index (χ1v) is 11.5. The van der Waals surface area contributed by atoms with Crippen molar-refractivity contribution in [3.05, 3.63) is 96.7 Å². The van der Waals surface area contributed by atoms with Gasteiger partial charge in [-0.25, -0.2) is 22.0 Å². The Morgan fingerprint density at radius 2 is 1.61 bits per heavy atom. The maximum atomic E-state index is 14.2. The number of ether oxygens (including phenoxy) is 1. The van der Waals surface area contributed by atoms with Crippen LogP contribution in [0.5, 0.6) is 5.75 Å². The SMILES string of the molecule is CC1=NN(c2c(F)c(F)c(F)c(F)c2F)C(=O)/C1=C/c1ccc(OCc2ccc(Cl)cc2Cl)c(Br)c1. The van der Waals surface area contributed by atoms with Gasteiger partial charge in [0.25, 0.3) is 5.91 Å². The molecule has 0 N–H and O–H groups in total. The minimum Gasteiger partial charge on any atom is -0.488 e. The number of carbonyl (C=O) groups is 1. The fraction of sp³-hybridized carbons (Fsp3) is 0.0833. The first-order valence-electron chi connectivity index (χ1n) is 9.99. The Morgan fingerprint density at radius 3 is 2.22 bits per heavy atom. The standard InChI is InChI=1S/C24H12BrCl2F5N2O2/c1-10-14(24(35)34(33-10)23-21(31)19(29)18(28)20(30)22(23)32)6-11-2-5-17(15(25)7-11)36-9-12-3-4-13(26)8-16(12)27/h2-8H,9H2,1H3/b14-6+. The molecule has 3 aromatic rings. The van der Waals surface area contributed by atoms with E-state index in [1.54, 1.807) is 36.4 Å². The molecule has 0 spiro atoms. The summed E-state index contributed by atoms with van der Waals surface area (Å²) in [6.07, 6.45) is 1.36. The number of benzene rings is 3. The Bertz CT molecular complexity index is 1450. The van der Waals surface area contributed by atoms with Crippen LogP contribution in [0, 0.1) is 29.1 Å². The summed E-state index contributed by atoms with van der Waals surface area (Å²) in [6.45, 7) is 1.51. The van der Waals surface area contributed by atoms with E-state index in [1.165, 1.54) is 13.0 Å². The largest absolute Gasteiger partial charge is 0.488 e. The summed E-state index contributed by atoms with van der Waals surface area (Å²) in [6, 6.07) is 9.79. The van der Waals surface area contributed by atoms with Crippen LogP contribution in [-0.2, 0) is 11.4 Å². The van der Waals surface area contributed by atoms with Crippen molar-refractivity contribution in [1.82, 2.24) is 0 Å². The van der Waals surface area contributed by atoms with Crippen LogP contribution in [0.15, 0.2) is 51.5 Å². The summed E-state index contributed by atoms with van der Waals surface area (Å²) in [5, 5.41) is 4.78. The number of anilines is 1. The molecule has 0 bridgehead atoms. The Balaban J connectivity index is 1.58. The fourth-order valence-corrected chi connectivity index (χ4v) is 4.27. The molecule has 4 nitrogen and oxygen atoms in total. The Labute approximate surface area is 219 Å². The van der Waals surface area contributed by atoms with Gasteiger partial charge >= 0.3 is 0 Å². The number of hydrazone groups is 1. The number of hydrogen-bond donors (Lipinski definition) is 0. The lowest BCUT2D eigenvalue weighted by atomic mass is 10.1. The maximum absolute atomic E-state index is 14.2. The molecule has 0 aliphatic carbocycles. The molecular weight excluding hydrogens is 594 g/mol. The van der Waals surface area contributed by atoms with Crippen molar-refractivity contribution in [1.29, 1.82) is 0 Å². The van der Waals surface area contributed by atoms with Crippen LogP contribution < -0.4 is 9.75 Å². The van der Waals surface area contributed by atoms with Gasteiger partial charge < -0.3 is 4.74 Å². The zero-order valence-electron chi connectivity index (χ0n) is 18.0. The van der Waals surface area contributed by atoms with Crippen molar-refractivity contribution in [2.75, 3.05) is 5.01 Å². The van der Waals surface area contributed by atoms with Crippen molar-refractivity contribution < 1.29 is 31.5 Å². The Hall–Kier alpha value is -2.95. The third kappa shape index (κ3) is 4.85. The number of carbonyl (C=O) groups excluding carboxylic acids is 1. The molecule has 4 rings (SSSR count). The molecule has 0 saturated carbocycles. The summed E-state index contributed by atoms with van der Waals surface area (Å²) in [5.74, 6) is -11.6. The first kappa shape index (κ1) is 26.1. The van der Waals surface area contributed by atoms with Gasteiger partial charge in [-0.05, 0) is 58.8 Å². The molecule has 0 saturated heterocycles. The lowest BCUT2D eigenvalue weighted by Crippen LogP contribution is -2.25. The van der Waals surface area contributed by atoms with Crippen LogP contribution in [0.2, 0.25) is 10.0 Å². The molecule has 3 aromatic carbocycles. The molecule has 12 heteroatoms. The van der Waals surface area contributed by atoms with Crippen molar-refractivity contribution in [3.63, 3.8) is 0 Å². The minimum absolute atomic E-state index is 0.0118. The molecule has 1 aliphatic rings. The summed E-state index contributed by atoms with van der Waals surface area (Å²) >= 11 is 15.4. The van der Waals surface area contributed by atoms with Crippen LogP contribution in [0.3, 0.4) is 0 Å². The molecular formula is C24H12BrCl2F5N2O2. The lowest BCUT2D eigenvalue weighted by molar-refractivity contribution is -0.114. The van der Waals surface area contributed by atoms with Crippen LogP contribution in [0.1, 0.15) is 18.1 Å². The second kappa shape index (κ2) is 10.2. The van der Waals surface area contributed by atoms with E-state index in [0.29, 0.717) is 31.4 Å². The van der Waals surface area contributed by atoms with E-state index >= 15 is 0 Å². The van der Waals surface area contributed by atoms with Crippen LogP contribution >= 0.6 is 39.1 Å². The van der Waals surface area contributed by atoms with Gasteiger partial charge in [-0.3, -0.25) is 4.79 Å². The molecule has 0 atom stereocenters. The molecule has 186 valence electrons. The van der Waals surface area contributed by atoms with E-state index in [0.717, 1.165) is 0 Å². The number of hydrogen-bond acceptors (Lipinski definition) is 3. The second-order valence-corrected chi connectivity index (χ2v) is 9.19. The first-order chi connectivity index (χ1) is 17.0. The van der Waals surface area contributed by atoms with E-state index in [9.17, 15) is 26.7 Å². The highest BCUT2D eigenvalue weighted by molar-refractivity contribution is 9.10. The van der Waals surface area contributed by atoms with Crippen molar-refractivity contribution >= 4 is 62.5 Å². The van der Waals surface area contributed by atoms with E-state index < -0.39 is 40.7 Å². The molecule has 36 heavy (non-hydrogen) atoms. The van der Waals surface area contributed by atoms with Crippen molar-refractivity contribution in [2.24, 2.45) is 5.10 Å². The highest BCUT2D eigenvalue weighted by Gasteiger charge is 2.37.